The van der Waals surface area contributed by atoms with Gasteiger partial charge in [0.15, 0.2) is 0 Å². The molecule has 1 aliphatic rings. The molecule has 13 heavy (non-hydrogen) atoms. The van der Waals surface area contributed by atoms with E-state index in [0.29, 0.717) is 0 Å². The fourth-order valence-electron chi connectivity index (χ4n) is 2.08. The number of unbranched alkanes of at least 4 members (excludes halogenated alkanes) is 2. The number of carbonyl (C=O) groups excluding carboxylic acids is 1. The van der Waals surface area contributed by atoms with Gasteiger partial charge in [0.05, 0.1) is 6.04 Å². The van der Waals surface area contributed by atoms with E-state index in [4.69, 9.17) is 0 Å². The normalized spacial score (nSPS) is 28.7. The summed E-state index contributed by atoms with van der Waals surface area (Å²) in [6, 6.07) is 0.139. The molecular formula is C11H21NO. The summed E-state index contributed by atoms with van der Waals surface area (Å²) in [6.45, 7) is 3.26. The summed E-state index contributed by atoms with van der Waals surface area (Å²) in [4.78, 5) is 10.6. The third-order valence-electron chi connectivity index (χ3n) is 2.93. The molecule has 1 rings (SSSR count). The number of nitrogens with one attached hydrogen (secondary N) is 1. The summed E-state index contributed by atoms with van der Waals surface area (Å²) in [7, 11) is 0. The fourth-order valence-corrected chi connectivity index (χ4v) is 2.08. The Hall–Kier alpha value is -0.370. The van der Waals surface area contributed by atoms with E-state index in [1.807, 2.05) is 0 Å². The first-order chi connectivity index (χ1) is 6.36. The van der Waals surface area contributed by atoms with E-state index < -0.39 is 0 Å². The van der Waals surface area contributed by atoms with E-state index in [0.717, 1.165) is 25.2 Å². The monoisotopic (exact) mass is 183 g/mol. The van der Waals surface area contributed by atoms with E-state index in [2.05, 4.69) is 12.2 Å². The Morgan fingerprint density at radius 1 is 1.46 bits per heavy atom. The number of piperidine rings is 1. The first kappa shape index (κ1) is 10.7. The van der Waals surface area contributed by atoms with Crippen LogP contribution in [0.1, 0.15) is 45.4 Å². The second-order valence-corrected chi connectivity index (χ2v) is 4.08. The highest BCUT2D eigenvalue weighted by molar-refractivity contribution is 5.57. The lowest BCUT2D eigenvalue weighted by atomic mass is 9.88. The molecule has 1 N–H and O–H groups in total. The van der Waals surface area contributed by atoms with Gasteiger partial charge in [0.25, 0.3) is 0 Å². The Balaban J connectivity index is 2.14. The zero-order chi connectivity index (χ0) is 9.52. The Kier molecular flexibility index (Phi) is 5.06. The summed E-state index contributed by atoms with van der Waals surface area (Å²) in [5.74, 6) is 0.794. The van der Waals surface area contributed by atoms with Crippen molar-refractivity contribution in [3.63, 3.8) is 0 Å². The van der Waals surface area contributed by atoms with Gasteiger partial charge in [-0.05, 0) is 25.3 Å². The van der Waals surface area contributed by atoms with Gasteiger partial charge < -0.3 is 10.1 Å². The molecule has 0 spiro atoms. The van der Waals surface area contributed by atoms with Gasteiger partial charge in [-0.15, -0.1) is 0 Å². The van der Waals surface area contributed by atoms with Crippen LogP contribution >= 0.6 is 0 Å². The van der Waals surface area contributed by atoms with Crippen molar-refractivity contribution in [1.82, 2.24) is 5.32 Å². The Morgan fingerprint density at radius 3 is 3.00 bits per heavy atom. The molecule has 76 valence electrons. The molecule has 0 amide bonds. The summed E-state index contributed by atoms with van der Waals surface area (Å²) in [5, 5.41) is 3.22. The smallest absolute Gasteiger partial charge is 0.136 e. The third-order valence-corrected chi connectivity index (χ3v) is 2.93. The molecule has 0 aromatic heterocycles. The van der Waals surface area contributed by atoms with Crippen molar-refractivity contribution in [3.05, 3.63) is 0 Å². The molecule has 1 saturated heterocycles. The molecule has 1 aliphatic heterocycles. The van der Waals surface area contributed by atoms with Gasteiger partial charge in [-0.2, -0.15) is 0 Å². The van der Waals surface area contributed by atoms with Gasteiger partial charge in [-0.3, -0.25) is 0 Å². The molecule has 1 fully saturated rings. The number of hydrogen-bond acceptors (Lipinski definition) is 2. The van der Waals surface area contributed by atoms with Crippen LogP contribution in [-0.4, -0.2) is 18.9 Å². The third kappa shape index (κ3) is 3.90. The molecule has 0 aromatic rings. The molecule has 2 nitrogen and oxygen atoms in total. The zero-order valence-corrected chi connectivity index (χ0v) is 8.59. The van der Waals surface area contributed by atoms with Crippen LogP contribution in [0.15, 0.2) is 0 Å². The molecule has 1 heterocycles. The van der Waals surface area contributed by atoms with Crippen molar-refractivity contribution in [2.75, 3.05) is 6.54 Å². The lowest BCUT2D eigenvalue weighted by molar-refractivity contribution is -0.110. The summed E-state index contributed by atoms with van der Waals surface area (Å²) >= 11 is 0. The van der Waals surface area contributed by atoms with Crippen molar-refractivity contribution < 1.29 is 4.79 Å². The van der Waals surface area contributed by atoms with Gasteiger partial charge in [-0.25, -0.2) is 0 Å². The van der Waals surface area contributed by atoms with Crippen LogP contribution in [0.3, 0.4) is 0 Å². The predicted molar refractivity (Wildman–Crippen MR) is 54.7 cm³/mol. The standard InChI is InChI=1S/C11H21NO/c1-2-3-4-5-10-6-7-12-11(8-10)9-13/h9-12H,2-8H2,1H3. The lowest BCUT2D eigenvalue weighted by Crippen LogP contribution is -2.39. The molecule has 0 aliphatic carbocycles. The largest absolute Gasteiger partial charge is 0.308 e. The van der Waals surface area contributed by atoms with Crippen LogP contribution in [0, 0.1) is 5.92 Å². The molecule has 2 heteroatoms. The molecular weight excluding hydrogens is 162 g/mol. The van der Waals surface area contributed by atoms with Gasteiger partial charge in [-0.1, -0.05) is 32.6 Å². The van der Waals surface area contributed by atoms with Crippen LogP contribution in [0.4, 0.5) is 0 Å². The van der Waals surface area contributed by atoms with E-state index >= 15 is 0 Å². The van der Waals surface area contributed by atoms with Crippen molar-refractivity contribution in [2.45, 2.75) is 51.5 Å². The van der Waals surface area contributed by atoms with Crippen LogP contribution in [0.2, 0.25) is 0 Å². The highest BCUT2D eigenvalue weighted by Crippen LogP contribution is 2.21. The van der Waals surface area contributed by atoms with Gasteiger partial charge in [0, 0.05) is 0 Å². The Morgan fingerprint density at radius 2 is 2.31 bits per heavy atom. The summed E-state index contributed by atoms with van der Waals surface area (Å²) in [6.07, 6.45) is 8.68. The highest BCUT2D eigenvalue weighted by Gasteiger charge is 2.19. The maximum atomic E-state index is 10.6. The second kappa shape index (κ2) is 6.14. The predicted octanol–water partition coefficient (Wildman–Crippen LogP) is 2.13. The van der Waals surface area contributed by atoms with Crippen LogP contribution in [-0.2, 0) is 4.79 Å². The molecule has 0 saturated carbocycles. The topological polar surface area (TPSA) is 29.1 Å². The van der Waals surface area contributed by atoms with Crippen molar-refractivity contribution in [2.24, 2.45) is 5.92 Å². The fraction of sp³-hybridized carbons (Fsp3) is 0.909. The molecule has 2 atom stereocenters. The first-order valence-electron chi connectivity index (χ1n) is 5.55. The number of carbonyl (C=O) groups is 1. The van der Waals surface area contributed by atoms with Crippen molar-refractivity contribution >= 4 is 6.29 Å². The van der Waals surface area contributed by atoms with Crippen LogP contribution < -0.4 is 5.32 Å². The first-order valence-corrected chi connectivity index (χ1v) is 5.55. The van der Waals surface area contributed by atoms with E-state index in [-0.39, 0.29) is 6.04 Å². The minimum Gasteiger partial charge on any atom is -0.308 e. The molecule has 2 unspecified atom stereocenters. The average molecular weight is 183 g/mol. The van der Waals surface area contributed by atoms with Crippen molar-refractivity contribution in [3.8, 4) is 0 Å². The van der Waals surface area contributed by atoms with E-state index in [9.17, 15) is 4.79 Å². The number of rotatable bonds is 5. The SMILES string of the molecule is CCCCCC1CCNC(C=O)C1. The van der Waals surface area contributed by atoms with E-state index in [1.54, 1.807) is 0 Å². The molecule has 0 aromatic carbocycles. The van der Waals surface area contributed by atoms with Crippen molar-refractivity contribution in [1.29, 1.82) is 0 Å². The summed E-state index contributed by atoms with van der Waals surface area (Å²) < 4.78 is 0. The van der Waals surface area contributed by atoms with Gasteiger partial charge >= 0.3 is 0 Å². The zero-order valence-electron chi connectivity index (χ0n) is 8.59. The van der Waals surface area contributed by atoms with Gasteiger partial charge in [0.2, 0.25) is 0 Å². The second-order valence-electron chi connectivity index (χ2n) is 4.08. The average Bonchev–Trinajstić information content (AvgIpc) is 2.19. The molecule has 0 bridgehead atoms. The minimum atomic E-state index is 0.139. The lowest BCUT2D eigenvalue weighted by Gasteiger charge is -2.26. The Bertz CT molecular complexity index is 147. The van der Waals surface area contributed by atoms with E-state index in [1.165, 1.54) is 32.1 Å². The number of hydrogen-bond donors (Lipinski definition) is 1. The molecule has 0 radical (unpaired) electrons. The quantitative estimate of drug-likeness (QED) is 0.522. The maximum absolute atomic E-state index is 10.6. The highest BCUT2D eigenvalue weighted by atomic mass is 16.1. The Labute approximate surface area is 81.1 Å². The maximum Gasteiger partial charge on any atom is 0.136 e. The minimum absolute atomic E-state index is 0.139. The van der Waals surface area contributed by atoms with Crippen LogP contribution in [0.5, 0.6) is 0 Å². The van der Waals surface area contributed by atoms with Gasteiger partial charge in [0.1, 0.15) is 6.29 Å². The number of aldehydes is 1. The van der Waals surface area contributed by atoms with Crippen LogP contribution in [0.25, 0.3) is 0 Å². The summed E-state index contributed by atoms with van der Waals surface area (Å²) in [5.41, 5.74) is 0.